The van der Waals surface area contributed by atoms with Crippen LogP contribution in [-0.4, -0.2) is 29.4 Å². The van der Waals surface area contributed by atoms with Crippen LogP contribution in [0.15, 0.2) is 64.3 Å². The number of carbonyl (C=O) groups is 2. The Labute approximate surface area is 185 Å². The number of ether oxygens (including phenoxy) is 1. The molecule has 2 N–H and O–H groups in total. The lowest BCUT2D eigenvalue weighted by Crippen LogP contribution is -2.48. The SMILES string of the molecule is COc1ccc([C@H]2C(C(C)=O)=C(Nc3ccc(Br)cc3)C[C@@](C)(O)[C@H]2C(C)=O)cc1. The normalized spacial score (nSPS) is 23.8. The van der Waals surface area contributed by atoms with Crippen molar-refractivity contribution >= 4 is 33.2 Å². The minimum atomic E-state index is -1.31. The number of benzene rings is 2. The van der Waals surface area contributed by atoms with E-state index >= 15 is 0 Å². The van der Waals surface area contributed by atoms with Gasteiger partial charge in [-0.05, 0) is 62.7 Å². The molecule has 0 aromatic heterocycles. The Bertz CT molecular complexity index is 977. The summed E-state index contributed by atoms with van der Waals surface area (Å²) in [5.41, 5.74) is 1.43. The van der Waals surface area contributed by atoms with Crippen molar-refractivity contribution in [2.45, 2.75) is 38.7 Å². The quantitative estimate of drug-likeness (QED) is 0.629. The fourth-order valence-electron chi connectivity index (χ4n) is 4.37. The zero-order valence-electron chi connectivity index (χ0n) is 17.5. The zero-order valence-corrected chi connectivity index (χ0v) is 19.1. The van der Waals surface area contributed by atoms with Gasteiger partial charge in [-0.25, -0.2) is 0 Å². The highest BCUT2D eigenvalue weighted by molar-refractivity contribution is 9.10. The van der Waals surface area contributed by atoms with Gasteiger partial charge < -0.3 is 15.2 Å². The van der Waals surface area contributed by atoms with Gasteiger partial charge in [0.1, 0.15) is 11.5 Å². The zero-order chi connectivity index (χ0) is 22.1. The van der Waals surface area contributed by atoms with Crippen LogP contribution in [0.25, 0.3) is 0 Å². The first-order chi connectivity index (χ1) is 14.1. The first-order valence-electron chi connectivity index (χ1n) is 9.77. The molecule has 6 heteroatoms. The summed E-state index contributed by atoms with van der Waals surface area (Å²) in [7, 11) is 1.58. The van der Waals surface area contributed by atoms with Gasteiger partial charge in [0, 0.05) is 33.8 Å². The molecule has 0 saturated heterocycles. The number of ketones is 2. The smallest absolute Gasteiger partial charge is 0.158 e. The first-order valence-corrected chi connectivity index (χ1v) is 10.6. The molecule has 0 bridgehead atoms. The standard InChI is InChI=1S/C24H26BrNO4/c1-14(27)21-20(26-18-9-7-17(25)8-10-18)13-24(3,29)23(15(2)28)22(21)16-5-11-19(30-4)12-6-16/h5-12,22-23,26,29H,13H2,1-4H3/t22-,23-,24+/m0/s1. The number of rotatable bonds is 6. The lowest BCUT2D eigenvalue weighted by Gasteiger charge is -2.43. The third kappa shape index (κ3) is 4.50. The lowest BCUT2D eigenvalue weighted by molar-refractivity contribution is -0.131. The minimum absolute atomic E-state index is 0.128. The Hall–Kier alpha value is -2.44. The third-order valence-electron chi connectivity index (χ3n) is 5.61. The molecule has 0 amide bonds. The number of allylic oxidation sites excluding steroid dienone is 1. The number of Topliss-reactive ketones (excluding diaryl/α,β-unsaturated/α-hetero) is 2. The fraction of sp³-hybridized carbons (Fsp3) is 0.333. The highest BCUT2D eigenvalue weighted by Gasteiger charge is 2.49. The average molecular weight is 472 g/mol. The maximum Gasteiger partial charge on any atom is 0.158 e. The molecular formula is C24H26BrNO4. The van der Waals surface area contributed by atoms with E-state index in [2.05, 4.69) is 21.2 Å². The van der Waals surface area contributed by atoms with E-state index < -0.39 is 17.4 Å². The van der Waals surface area contributed by atoms with E-state index in [4.69, 9.17) is 4.74 Å². The summed E-state index contributed by atoms with van der Waals surface area (Å²) in [6.07, 6.45) is 0.175. The Kier molecular flexibility index (Phi) is 6.48. The number of hydrogen-bond donors (Lipinski definition) is 2. The molecule has 158 valence electrons. The van der Waals surface area contributed by atoms with Crippen molar-refractivity contribution in [3.05, 3.63) is 69.8 Å². The number of nitrogens with one attached hydrogen (secondary N) is 1. The summed E-state index contributed by atoms with van der Waals surface area (Å²) < 4.78 is 6.19. The van der Waals surface area contributed by atoms with E-state index in [1.165, 1.54) is 13.8 Å². The van der Waals surface area contributed by atoms with Crippen LogP contribution in [0.1, 0.15) is 38.7 Å². The molecule has 0 unspecified atom stereocenters. The van der Waals surface area contributed by atoms with Gasteiger partial charge in [0.05, 0.1) is 18.6 Å². The number of halogens is 1. The summed E-state index contributed by atoms with van der Waals surface area (Å²) in [5.74, 6) is -0.894. The van der Waals surface area contributed by atoms with E-state index in [1.54, 1.807) is 26.2 Å². The topological polar surface area (TPSA) is 75.6 Å². The summed E-state index contributed by atoms with van der Waals surface area (Å²) in [4.78, 5) is 25.5. The molecule has 3 rings (SSSR count). The van der Waals surface area contributed by atoms with Crippen molar-refractivity contribution in [2.75, 3.05) is 12.4 Å². The fourth-order valence-corrected chi connectivity index (χ4v) is 4.63. The van der Waals surface area contributed by atoms with Crippen molar-refractivity contribution in [3.8, 4) is 5.75 Å². The number of aliphatic hydroxyl groups is 1. The van der Waals surface area contributed by atoms with Gasteiger partial charge >= 0.3 is 0 Å². The molecule has 2 aromatic rings. The predicted molar refractivity (Wildman–Crippen MR) is 121 cm³/mol. The summed E-state index contributed by atoms with van der Waals surface area (Å²) >= 11 is 3.42. The van der Waals surface area contributed by atoms with Gasteiger partial charge in [-0.15, -0.1) is 0 Å². The Morgan fingerprint density at radius 3 is 2.20 bits per heavy atom. The molecular weight excluding hydrogens is 446 g/mol. The molecule has 0 fully saturated rings. The van der Waals surface area contributed by atoms with Gasteiger partial charge in [0.25, 0.3) is 0 Å². The maximum absolute atomic E-state index is 12.8. The van der Waals surface area contributed by atoms with Crippen molar-refractivity contribution in [2.24, 2.45) is 5.92 Å². The largest absolute Gasteiger partial charge is 0.497 e. The Morgan fingerprint density at radius 2 is 1.70 bits per heavy atom. The molecule has 0 aliphatic heterocycles. The molecule has 0 spiro atoms. The molecule has 0 saturated carbocycles. The molecule has 0 radical (unpaired) electrons. The number of hydrogen-bond acceptors (Lipinski definition) is 5. The van der Waals surface area contributed by atoms with Crippen LogP contribution in [0.4, 0.5) is 5.69 Å². The molecule has 3 atom stereocenters. The lowest BCUT2D eigenvalue weighted by atomic mass is 9.64. The van der Waals surface area contributed by atoms with Crippen LogP contribution in [0.2, 0.25) is 0 Å². The van der Waals surface area contributed by atoms with Gasteiger partial charge in [-0.2, -0.15) is 0 Å². The molecule has 1 aliphatic rings. The Morgan fingerprint density at radius 1 is 1.10 bits per heavy atom. The molecule has 5 nitrogen and oxygen atoms in total. The monoisotopic (exact) mass is 471 g/mol. The first kappa shape index (κ1) is 22.2. The summed E-state index contributed by atoms with van der Waals surface area (Å²) in [6, 6.07) is 14.9. The van der Waals surface area contributed by atoms with E-state index in [0.717, 1.165) is 15.7 Å². The molecule has 0 heterocycles. The van der Waals surface area contributed by atoms with Crippen LogP contribution >= 0.6 is 15.9 Å². The average Bonchev–Trinajstić information content (AvgIpc) is 2.68. The molecule has 1 aliphatic carbocycles. The second-order valence-electron chi connectivity index (χ2n) is 7.95. The summed E-state index contributed by atoms with van der Waals surface area (Å²) in [5, 5.41) is 14.6. The molecule has 30 heavy (non-hydrogen) atoms. The third-order valence-corrected chi connectivity index (χ3v) is 6.13. The second kappa shape index (κ2) is 8.74. The van der Waals surface area contributed by atoms with E-state index in [1.807, 2.05) is 36.4 Å². The van der Waals surface area contributed by atoms with Gasteiger partial charge in [0.15, 0.2) is 5.78 Å². The number of methoxy groups -OCH3 is 1. The van der Waals surface area contributed by atoms with Crippen molar-refractivity contribution in [3.63, 3.8) is 0 Å². The van der Waals surface area contributed by atoms with Crippen LogP contribution < -0.4 is 10.1 Å². The minimum Gasteiger partial charge on any atom is -0.497 e. The van der Waals surface area contributed by atoms with E-state index in [0.29, 0.717) is 17.0 Å². The highest BCUT2D eigenvalue weighted by atomic mass is 79.9. The molecule has 2 aromatic carbocycles. The number of anilines is 1. The van der Waals surface area contributed by atoms with Crippen LogP contribution in [0.3, 0.4) is 0 Å². The van der Waals surface area contributed by atoms with Crippen LogP contribution in [-0.2, 0) is 9.59 Å². The highest BCUT2D eigenvalue weighted by Crippen LogP contribution is 2.48. The van der Waals surface area contributed by atoms with Crippen molar-refractivity contribution < 1.29 is 19.4 Å². The van der Waals surface area contributed by atoms with Crippen molar-refractivity contribution in [1.82, 2.24) is 0 Å². The predicted octanol–water partition coefficient (Wildman–Crippen LogP) is 4.86. The number of carbonyl (C=O) groups excluding carboxylic acids is 2. The second-order valence-corrected chi connectivity index (χ2v) is 8.87. The maximum atomic E-state index is 12.8. The van der Waals surface area contributed by atoms with E-state index in [9.17, 15) is 14.7 Å². The van der Waals surface area contributed by atoms with Crippen molar-refractivity contribution in [1.29, 1.82) is 0 Å². The summed E-state index contributed by atoms with van der Waals surface area (Å²) in [6.45, 7) is 4.64. The Balaban J connectivity index is 2.18. The van der Waals surface area contributed by atoms with Gasteiger partial charge in [-0.1, -0.05) is 28.1 Å². The van der Waals surface area contributed by atoms with Crippen LogP contribution in [0, 0.1) is 5.92 Å². The van der Waals surface area contributed by atoms with Gasteiger partial charge in [-0.3, -0.25) is 9.59 Å². The van der Waals surface area contributed by atoms with Crippen LogP contribution in [0.5, 0.6) is 5.75 Å². The van der Waals surface area contributed by atoms with Gasteiger partial charge in [0.2, 0.25) is 0 Å². The van der Waals surface area contributed by atoms with E-state index in [-0.39, 0.29) is 18.0 Å².